The quantitative estimate of drug-likeness (QED) is 0.832. The zero-order valence-corrected chi connectivity index (χ0v) is 15.8. The molecule has 0 spiro atoms. The SMILES string of the molecule is C[C@H]1CN(C(=O)C2(c3ccccc3)CCOCC2)C[C@H](c2ccccc2)O1. The maximum Gasteiger partial charge on any atom is 0.233 e. The molecule has 142 valence electrons. The Balaban J connectivity index is 1.63. The number of ether oxygens (including phenoxy) is 2. The molecule has 0 aromatic heterocycles. The Morgan fingerprint density at radius 1 is 0.963 bits per heavy atom. The van der Waals surface area contributed by atoms with Crippen LogP contribution in [0.25, 0.3) is 0 Å². The van der Waals surface area contributed by atoms with Gasteiger partial charge >= 0.3 is 0 Å². The van der Waals surface area contributed by atoms with Crippen molar-refractivity contribution in [3.05, 3.63) is 71.8 Å². The van der Waals surface area contributed by atoms with Crippen molar-refractivity contribution in [2.45, 2.75) is 37.4 Å². The standard InChI is InChI=1S/C23H27NO3/c1-18-16-24(17-21(27-18)19-8-4-2-5-9-19)22(25)23(12-14-26-15-13-23)20-10-6-3-7-11-20/h2-11,18,21H,12-17H2,1H3/t18-,21+/m0/s1. The minimum absolute atomic E-state index is 0.0144. The van der Waals surface area contributed by atoms with Crippen LogP contribution < -0.4 is 0 Å². The average Bonchev–Trinajstić information content (AvgIpc) is 2.74. The molecule has 2 aliphatic heterocycles. The molecule has 0 N–H and O–H groups in total. The molecule has 0 aliphatic carbocycles. The van der Waals surface area contributed by atoms with E-state index in [2.05, 4.69) is 31.2 Å². The largest absolute Gasteiger partial charge is 0.381 e. The van der Waals surface area contributed by atoms with Gasteiger partial charge in [-0.2, -0.15) is 0 Å². The van der Waals surface area contributed by atoms with Gasteiger partial charge in [0.05, 0.1) is 18.1 Å². The highest BCUT2D eigenvalue weighted by Gasteiger charge is 2.45. The van der Waals surface area contributed by atoms with E-state index in [9.17, 15) is 4.79 Å². The first-order valence-corrected chi connectivity index (χ1v) is 9.82. The Morgan fingerprint density at radius 2 is 1.59 bits per heavy atom. The van der Waals surface area contributed by atoms with Crippen molar-refractivity contribution in [2.24, 2.45) is 0 Å². The summed E-state index contributed by atoms with van der Waals surface area (Å²) in [5.74, 6) is 0.216. The lowest BCUT2D eigenvalue weighted by molar-refractivity contribution is -0.154. The highest BCUT2D eigenvalue weighted by Crippen LogP contribution is 2.38. The lowest BCUT2D eigenvalue weighted by atomic mass is 9.72. The Hall–Kier alpha value is -2.17. The molecule has 27 heavy (non-hydrogen) atoms. The van der Waals surface area contributed by atoms with Crippen LogP contribution in [0.15, 0.2) is 60.7 Å². The molecule has 0 bridgehead atoms. The smallest absolute Gasteiger partial charge is 0.233 e. The number of carbonyl (C=O) groups is 1. The number of benzene rings is 2. The molecule has 4 rings (SSSR count). The van der Waals surface area contributed by atoms with Gasteiger partial charge in [0.25, 0.3) is 0 Å². The van der Waals surface area contributed by atoms with Crippen LogP contribution >= 0.6 is 0 Å². The summed E-state index contributed by atoms with van der Waals surface area (Å²) >= 11 is 0. The van der Waals surface area contributed by atoms with Gasteiger partial charge in [-0.3, -0.25) is 4.79 Å². The minimum atomic E-state index is -0.488. The molecular weight excluding hydrogens is 338 g/mol. The maximum atomic E-state index is 13.8. The fourth-order valence-electron chi connectivity index (χ4n) is 4.37. The summed E-state index contributed by atoms with van der Waals surface area (Å²) < 4.78 is 11.8. The maximum absolute atomic E-state index is 13.8. The summed E-state index contributed by atoms with van der Waals surface area (Å²) in [6, 6.07) is 20.4. The fraction of sp³-hybridized carbons (Fsp3) is 0.435. The summed E-state index contributed by atoms with van der Waals surface area (Å²) in [4.78, 5) is 15.8. The molecule has 0 saturated carbocycles. The van der Waals surface area contributed by atoms with Crippen molar-refractivity contribution in [1.29, 1.82) is 0 Å². The Kier molecular flexibility index (Phi) is 5.28. The van der Waals surface area contributed by atoms with Crippen molar-refractivity contribution in [1.82, 2.24) is 4.90 Å². The van der Waals surface area contributed by atoms with Crippen LogP contribution in [0, 0.1) is 0 Å². The molecule has 2 fully saturated rings. The first-order chi connectivity index (χ1) is 13.2. The summed E-state index contributed by atoms with van der Waals surface area (Å²) in [7, 11) is 0. The van der Waals surface area contributed by atoms with Gasteiger partial charge in [0.15, 0.2) is 0 Å². The zero-order valence-electron chi connectivity index (χ0n) is 15.8. The molecule has 2 saturated heterocycles. The van der Waals surface area contributed by atoms with Gasteiger partial charge in [0.1, 0.15) is 6.10 Å². The number of rotatable bonds is 3. The van der Waals surface area contributed by atoms with Crippen LogP contribution in [0.4, 0.5) is 0 Å². The highest BCUT2D eigenvalue weighted by molar-refractivity contribution is 5.88. The first kappa shape index (κ1) is 18.2. The van der Waals surface area contributed by atoms with Gasteiger partial charge < -0.3 is 14.4 Å². The molecule has 2 heterocycles. The normalized spacial score (nSPS) is 25.1. The van der Waals surface area contributed by atoms with Crippen molar-refractivity contribution in [3.63, 3.8) is 0 Å². The van der Waals surface area contributed by atoms with E-state index in [1.54, 1.807) is 0 Å². The van der Waals surface area contributed by atoms with Crippen LogP contribution in [0.5, 0.6) is 0 Å². The highest BCUT2D eigenvalue weighted by atomic mass is 16.5. The minimum Gasteiger partial charge on any atom is -0.381 e. The predicted molar refractivity (Wildman–Crippen MR) is 104 cm³/mol. The topological polar surface area (TPSA) is 38.8 Å². The van der Waals surface area contributed by atoms with Gasteiger partial charge in [-0.1, -0.05) is 60.7 Å². The number of hydrogen-bond acceptors (Lipinski definition) is 3. The second kappa shape index (κ2) is 7.83. The second-order valence-corrected chi connectivity index (χ2v) is 7.62. The summed E-state index contributed by atoms with van der Waals surface area (Å²) in [5, 5.41) is 0. The molecule has 2 aromatic rings. The summed E-state index contributed by atoms with van der Waals surface area (Å²) in [5.41, 5.74) is 1.74. The Labute approximate surface area is 161 Å². The van der Waals surface area contributed by atoms with Gasteiger partial charge in [-0.15, -0.1) is 0 Å². The van der Waals surface area contributed by atoms with Crippen LogP contribution in [0.2, 0.25) is 0 Å². The van der Waals surface area contributed by atoms with Crippen molar-refractivity contribution < 1.29 is 14.3 Å². The third kappa shape index (κ3) is 3.64. The lowest BCUT2D eigenvalue weighted by Gasteiger charge is -2.44. The molecule has 1 amide bonds. The van der Waals surface area contributed by atoms with E-state index in [0.717, 1.165) is 24.0 Å². The number of amides is 1. The Bertz CT molecular complexity index is 756. The van der Waals surface area contributed by atoms with Crippen LogP contribution in [0.3, 0.4) is 0 Å². The van der Waals surface area contributed by atoms with Gasteiger partial charge in [0, 0.05) is 19.8 Å². The molecule has 0 unspecified atom stereocenters. The average molecular weight is 365 g/mol. The number of nitrogens with zero attached hydrogens (tertiary/aromatic N) is 1. The van der Waals surface area contributed by atoms with Gasteiger partial charge in [0.2, 0.25) is 5.91 Å². The van der Waals surface area contributed by atoms with E-state index in [1.807, 2.05) is 41.3 Å². The summed E-state index contributed by atoms with van der Waals surface area (Å²) in [6.07, 6.45) is 1.40. The van der Waals surface area contributed by atoms with E-state index in [4.69, 9.17) is 9.47 Å². The third-order valence-electron chi connectivity index (χ3n) is 5.80. The van der Waals surface area contributed by atoms with Crippen LogP contribution in [-0.2, 0) is 19.7 Å². The van der Waals surface area contributed by atoms with Crippen LogP contribution in [0.1, 0.15) is 37.0 Å². The van der Waals surface area contributed by atoms with E-state index >= 15 is 0 Å². The lowest BCUT2D eigenvalue weighted by Crippen LogP contribution is -2.55. The van der Waals surface area contributed by atoms with E-state index in [-0.39, 0.29) is 18.1 Å². The molecular formula is C23H27NO3. The molecule has 2 atom stereocenters. The van der Waals surface area contributed by atoms with E-state index < -0.39 is 5.41 Å². The van der Waals surface area contributed by atoms with E-state index in [0.29, 0.717) is 26.3 Å². The van der Waals surface area contributed by atoms with E-state index in [1.165, 1.54) is 0 Å². The number of morpholine rings is 1. The monoisotopic (exact) mass is 365 g/mol. The molecule has 2 aliphatic rings. The van der Waals surface area contributed by atoms with Gasteiger partial charge in [-0.25, -0.2) is 0 Å². The van der Waals surface area contributed by atoms with Crippen LogP contribution in [-0.4, -0.2) is 43.2 Å². The predicted octanol–water partition coefficient (Wildman–Crippen LogP) is 3.72. The third-order valence-corrected chi connectivity index (χ3v) is 5.80. The second-order valence-electron chi connectivity index (χ2n) is 7.62. The molecule has 0 radical (unpaired) electrons. The van der Waals surface area contributed by atoms with Gasteiger partial charge in [-0.05, 0) is 30.9 Å². The fourth-order valence-corrected chi connectivity index (χ4v) is 4.37. The number of hydrogen-bond donors (Lipinski definition) is 0. The van der Waals surface area contributed by atoms with Crippen molar-refractivity contribution >= 4 is 5.91 Å². The molecule has 2 aromatic carbocycles. The number of carbonyl (C=O) groups excluding carboxylic acids is 1. The Morgan fingerprint density at radius 3 is 2.26 bits per heavy atom. The first-order valence-electron chi connectivity index (χ1n) is 9.82. The summed E-state index contributed by atoms with van der Waals surface area (Å²) in [6.45, 7) is 4.54. The van der Waals surface area contributed by atoms with Crippen molar-refractivity contribution in [3.8, 4) is 0 Å². The van der Waals surface area contributed by atoms with Crippen molar-refractivity contribution in [2.75, 3.05) is 26.3 Å². The molecule has 4 nitrogen and oxygen atoms in total. The molecule has 4 heteroatoms. The zero-order chi connectivity index (χ0) is 18.7.